The van der Waals surface area contributed by atoms with E-state index in [1.165, 1.54) is 12.3 Å². The first kappa shape index (κ1) is 16.1. The van der Waals surface area contributed by atoms with Gasteiger partial charge in [-0.05, 0) is 17.7 Å². The number of anilines is 1. The predicted molar refractivity (Wildman–Crippen MR) is 90.1 cm³/mol. The van der Waals surface area contributed by atoms with Crippen molar-refractivity contribution >= 4 is 23.1 Å². The molecule has 0 saturated heterocycles. The monoisotopic (exact) mass is 339 g/mol. The summed E-state index contributed by atoms with van der Waals surface area (Å²) in [5, 5.41) is 14.0. The number of primary amides is 1. The Hall–Kier alpha value is -3.75. The van der Waals surface area contributed by atoms with E-state index in [2.05, 4.69) is 10.3 Å². The van der Waals surface area contributed by atoms with Gasteiger partial charge in [0.1, 0.15) is 11.7 Å². The van der Waals surface area contributed by atoms with E-state index < -0.39 is 28.1 Å². The van der Waals surface area contributed by atoms with Gasteiger partial charge in [0.15, 0.2) is 0 Å². The maximum atomic E-state index is 12.4. The Morgan fingerprint density at radius 1 is 1.20 bits per heavy atom. The zero-order valence-corrected chi connectivity index (χ0v) is 12.8. The molecule has 0 aliphatic carbocycles. The van der Waals surface area contributed by atoms with Crippen molar-refractivity contribution in [3.8, 4) is 0 Å². The predicted octanol–water partition coefficient (Wildman–Crippen LogP) is 1.24. The van der Waals surface area contributed by atoms with Crippen molar-refractivity contribution in [2.45, 2.75) is 6.04 Å². The van der Waals surface area contributed by atoms with Gasteiger partial charge in [-0.2, -0.15) is 0 Å². The number of benzene rings is 1. The molecule has 0 fully saturated rings. The lowest BCUT2D eigenvalue weighted by Gasteiger charge is -2.16. The topological polar surface area (TPSA) is 133 Å². The standard InChI is InChI=1S/C16H13N5O4/c17-14(22)12(10-6-2-1-3-7-10)19-15-13(21(24)25)16(23)20-9-5-4-8-11(20)18-15/h1-9,12,19H,(H2,17,22). The normalized spacial score (nSPS) is 11.8. The van der Waals surface area contributed by atoms with E-state index in [1.54, 1.807) is 42.5 Å². The number of nitro groups is 1. The third-order valence-corrected chi connectivity index (χ3v) is 3.59. The molecule has 2 heterocycles. The summed E-state index contributed by atoms with van der Waals surface area (Å²) >= 11 is 0. The number of carbonyl (C=O) groups excluding carboxylic acids is 1. The van der Waals surface area contributed by atoms with E-state index in [4.69, 9.17) is 5.73 Å². The molecule has 3 rings (SSSR count). The number of nitrogens with two attached hydrogens (primary N) is 1. The van der Waals surface area contributed by atoms with Crippen LogP contribution in [-0.4, -0.2) is 20.2 Å². The largest absolute Gasteiger partial charge is 0.376 e. The SMILES string of the molecule is NC(=O)C(Nc1nc2ccccn2c(=O)c1[N+](=O)[O-])c1ccccc1. The second-order valence-electron chi connectivity index (χ2n) is 5.19. The van der Waals surface area contributed by atoms with Crippen LogP contribution in [0.1, 0.15) is 11.6 Å². The van der Waals surface area contributed by atoms with Gasteiger partial charge in [0, 0.05) is 6.20 Å². The van der Waals surface area contributed by atoms with E-state index in [0.717, 1.165) is 4.40 Å². The van der Waals surface area contributed by atoms with Crippen LogP contribution in [-0.2, 0) is 4.79 Å². The summed E-state index contributed by atoms with van der Waals surface area (Å²) in [7, 11) is 0. The molecule has 2 aromatic heterocycles. The number of pyridine rings is 1. The third kappa shape index (κ3) is 3.02. The van der Waals surface area contributed by atoms with Crippen LogP contribution in [0.25, 0.3) is 5.65 Å². The second kappa shape index (κ2) is 6.40. The maximum absolute atomic E-state index is 12.4. The molecule has 0 aliphatic rings. The number of carbonyl (C=O) groups is 1. The minimum absolute atomic E-state index is 0.205. The number of aromatic nitrogens is 2. The van der Waals surface area contributed by atoms with Gasteiger partial charge < -0.3 is 11.1 Å². The highest BCUT2D eigenvalue weighted by molar-refractivity contribution is 5.85. The molecule has 9 nitrogen and oxygen atoms in total. The Kier molecular flexibility index (Phi) is 4.12. The number of rotatable bonds is 5. The summed E-state index contributed by atoms with van der Waals surface area (Å²) in [4.78, 5) is 38.9. The zero-order chi connectivity index (χ0) is 18.0. The molecule has 126 valence electrons. The van der Waals surface area contributed by atoms with Crippen LogP contribution < -0.4 is 16.6 Å². The van der Waals surface area contributed by atoms with Gasteiger partial charge in [0.05, 0.1) is 4.92 Å². The molecule has 0 saturated carbocycles. The molecule has 0 aliphatic heterocycles. The van der Waals surface area contributed by atoms with Crippen LogP contribution in [0.4, 0.5) is 11.5 Å². The molecular weight excluding hydrogens is 326 g/mol. The summed E-state index contributed by atoms with van der Waals surface area (Å²) < 4.78 is 1.06. The van der Waals surface area contributed by atoms with Gasteiger partial charge in [-0.1, -0.05) is 36.4 Å². The fraction of sp³-hybridized carbons (Fsp3) is 0.0625. The van der Waals surface area contributed by atoms with Crippen LogP contribution in [0, 0.1) is 10.1 Å². The average molecular weight is 339 g/mol. The molecule has 0 bridgehead atoms. The Labute approximate surface area is 140 Å². The fourth-order valence-electron chi connectivity index (χ4n) is 2.45. The van der Waals surface area contributed by atoms with Gasteiger partial charge >= 0.3 is 11.2 Å². The molecule has 9 heteroatoms. The highest BCUT2D eigenvalue weighted by atomic mass is 16.6. The highest BCUT2D eigenvalue weighted by Crippen LogP contribution is 2.24. The molecular formula is C16H13N5O4. The Morgan fingerprint density at radius 2 is 1.88 bits per heavy atom. The second-order valence-corrected chi connectivity index (χ2v) is 5.19. The van der Waals surface area contributed by atoms with Crippen LogP contribution in [0.15, 0.2) is 59.5 Å². The number of amides is 1. The first-order valence-corrected chi connectivity index (χ1v) is 7.25. The summed E-state index contributed by atoms with van der Waals surface area (Å²) in [6, 6.07) is 12.1. The summed E-state index contributed by atoms with van der Waals surface area (Å²) in [5.41, 5.74) is 4.51. The molecule has 0 radical (unpaired) electrons. The number of nitrogens with zero attached hydrogens (tertiary/aromatic N) is 3. The van der Waals surface area contributed by atoms with Crippen molar-refractivity contribution in [1.82, 2.24) is 9.38 Å². The van der Waals surface area contributed by atoms with E-state index in [0.29, 0.717) is 5.56 Å². The number of nitrogens with one attached hydrogen (secondary N) is 1. The molecule has 1 amide bonds. The van der Waals surface area contributed by atoms with E-state index in [1.807, 2.05) is 0 Å². The third-order valence-electron chi connectivity index (χ3n) is 3.59. The van der Waals surface area contributed by atoms with Crippen molar-refractivity contribution in [3.05, 3.63) is 80.8 Å². The average Bonchev–Trinajstić information content (AvgIpc) is 2.60. The molecule has 3 N–H and O–H groups in total. The quantitative estimate of drug-likeness (QED) is 0.531. The summed E-state index contributed by atoms with van der Waals surface area (Å²) in [5.74, 6) is -1.07. The minimum Gasteiger partial charge on any atom is -0.368 e. The minimum atomic E-state index is -1.07. The lowest BCUT2D eigenvalue weighted by molar-refractivity contribution is -0.385. The van der Waals surface area contributed by atoms with Crippen molar-refractivity contribution < 1.29 is 9.72 Å². The smallest absolute Gasteiger partial charge is 0.368 e. The lowest BCUT2D eigenvalue weighted by Crippen LogP contribution is -2.30. The van der Waals surface area contributed by atoms with Crippen LogP contribution >= 0.6 is 0 Å². The van der Waals surface area contributed by atoms with Gasteiger partial charge in [0.25, 0.3) is 0 Å². The Morgan fingerprint density at radius 3 is 2.52 bits per heavy atom. The maximum Gasteiger partial charge on any atom is 0.376 e. The summed E-state index contributed by atoms with van der Waals surface area (Å²) in [6.45, 7) is 0. The van der Waals surface area contributed by atoms with Gasteiger partial charge in [-0.3, -0.25) is 24.1 Å². The fourth-order valence-corrected chi connectivity index (χ4v) is 2.45. The molecule has 3 aromatic rings. The van der Waals surface area contributed by atoms with Gasteiger partial charge in [0.2, 0.25) is 11.7 Å². The first-order chi connectivity index (χ1) is 12.0. The lowest BCUT2D eigenvalue weighted by atomic mass is 10.1. The molecule has 1 aromatic carbocycles. The van der Waals surface area contributed by atoms with Crippen molar-refractivity contribution in [3.63, 3.8) is 0 Å². The Balaban J connectivity index is 2.17. The molecule has 1 unspecified atom stereocenters. The van der Waals surface area contributed by atoms with Crippen LogP contribution in [0.3, 0.4) is 0 Å². The first-order valence-electron chi connectivity index (χ1n) is 7.25. The molecule has 25 heavy (non-hydrogen) atoms. The number of fused-ring (bicyclic) bond motifs is 1. The van der Waals surface area contributed by atoms with E-state index in [-0.39, 0.29) is 11.5 Å². The Bertz CT molecular complexity index is 1020. The van der Waals surface area contributed by atoms with Crippen LogP contribution in [0.5, 0.6) is 0 Å². The molecule has 1 atom stereocenters. The van der Waals surface area contributed by atoms with Crippen molar-refractivity contribution in [2.75, 3.05) is 5.32 Å². The van der Waals surface area contributed by atoms with Gasteiger partial charge in [-0.25, -0.2) is 4.98 Å². The molecule has 0 spiro atoms. The van der Waals surface area contributed by atoms with Crippen molar-refractivity contribution in [2.24, 2.45) is 5.73 Å². The number of hydrogen-bond acceptors (Lipinski definition) is 6. The van der Waals surface area contributed by atoms with Gasteiger partial charge in [-0.15, -0.1) is 0 Å². The zero-order valence-electron chi connectivity index (χ0n) is 12.8. The highest BCUT2D eigenvalue weighted by Gasteiger charge is 2.27. The van der Waals surface area contributed by atoms with E-state index >= 15 is 0 Å². The number of hydrogen-bond donors (Lipinski definition) is 2. The van der Waals surface area contributed by atoms with Crippen LogP contribution in [0.2, 0.25) is 0 Å². The van der Waals surface area contributed by atoms with E-state index in [9.17, 15) is 19.7 Å². The summed E-state index contributed by atoms with van der Waals surface area (Å²) in [6.07, 6.45) is 1.38. The van der Waals surface area contributed by atoms with Crippen molar-refractivity contribution in [1.29, 1.82) is 0 Å².